The molecule has 1 rings (SSSR count). The summed E-state index contributed by atoms with van der Waals surface area (Å²) in [6.07, 6.45) is 0.0966. The van der Waals surface area contributed by atoms with E-state index >= 15 is 0 Å². The number of nitro groups is 1. The number of hydrogen-bond donors (Lipinski definition) is 1. The average Bonchev–Trinajstić information content (AvgIpc) is 2.31. The second-order valence-corrected chi connectivity index (χ2v) is 4.00. The summed E-state index contributed by atoms with van der Waals surface area (Å²) >= 11 is 5.90. The Morgan fingerprint density at radius 3 is 2.74 bits per heavy atom. The summed E-state index contributed by atoms with van der Waals surface area (Å²) in [6, 6.07) is 3.13. The zero-order valence-corrected chi connectivity index (χ0v) is 11.7. The normalized spacial score (nSPS) is 11.3. The standard InChI is InChI=1S/C11H13ClN2O4.ClH/c1-2-18-11(15)10(13)6-7-5-8(14(16)17)3-4-9(7)12;/h3-5,10H,2,6,13H2,1H3;1H. The number of nitrogens with zero attached hydrogens (tertiary/aromatic N) is 1. The van der Waals surface area contributed by atoms with Crippen LogP contribution in [0.5, 0.6) is 0 Å². The molecule has 0 bridgehead atoms. The van der Waals surface area contributed by atoms with Crippen LogP contribution in [0.1, 0.15) is 12.5 Å². The van der Waals surface area contributed by atoms with Crippen LogP contribution in [-0.2, 0) is 16.0 Å². The first-order chi connectivity index (χ1) is 8.45. The van der Waals surface area contributed by atoms with Crippen LogP contribution in [0.2, 0.25) is 5.02 Å². The van der Waals surface area contributed by atoms with E-state index in [-0.39, 0.29) is 31.1 Å². The van der Waals surface area contributed by atoms with Crippen LogP contribution in [0.3, 0.4) is 0 Å². The predicted octanol–water partition coefficient (Wildman–Crippen LogP) is 2.10. The number of nitrogens with two attached hydrogens (primary N) is 1. The molecular weight excluding hydrogens is 295 g/mol. The topological polar surface area (TPSA) is 95.5 Å². The highest BCUT2D eigenvalue weighted by molar-refractivity contribution is 6.31. The number of hydrogen-bond acceptors (Lipinski definition) is 5. The molecule has 1 unspecified atom stereocenters. The molecule has 0 saturated carbocycles. The van der Waals surface area contributed by atoms with Crippen LogP contribution in [0.15, 0.2) is 18.2 Å². The largest absolute Gasteiger partial charge is 0.465 e. The summed E-state index contributed by atoms with van der Waals surface area (Å²) in [4.78, 5) is 21.4. The molecule has 0 saturated heterocycles. The van der Waals surface area contributed by atoms with Gasteiger partial charge >= 0.3 is 5.97 Å². The third-order valence-electron chi connectivity index (χ3n) is 2.27. The van der Waals surface area contributed by atoms with Crippen molar-refractivity contribution in [2.24, 2.45) is 5.73 Å². The van der Waals surface area contributed by atoms with E-state index in [1.165, 1.54) is 18.2 Å². The van der Waals surface area contributed by atoms with Gasteiger partial charge in [-0.25, -0.2) is 0 Å². The highest BCUT2D eigenvalue weighted by atomic mass is 35.5. The van der Waals surface area contributed by atoms with Gasteiger partial charge < -0.3 is 10.5 Å². The average molecular weight is 309 g/mol. The summed E-state index contributed by atoms with van der Waals surface area (Å²) in [5.74, 6) is -0.555. The molecule has 0 aliphatic carbocycles. The minimum Gasteiger partial charge on any atom is -0.465 e. The van der Waals surface area contributed by atoms with E-state index in [2.05, 4.69) is 0 Å². The molecule has 1 aromatic rings. The van der Waals surface area contributed by atoms with Gasteiger partial charge in [0.05, 0.1) is 11.5 Å². The maximum Gasteiger partial charge on any atom is 0.323 e. The van der Waals surface area contributed by atoms with E-state index in [1.54, 1.807) is 6.92 Å². The molecule has 6 nitrogen and oxygen atoms in total. The first-order valence-corrected chi connectivity index (χ1v) is 5.68. The molecule has 106 valence electrons. The van der Waals surface area contributed by atoms with Crippen molar-refractivity contribution in [3.63, 3.8) is 0 Å². The van der Waals surface area contributed by atoms with Gasteiger partial charge in [0.15, 0.2) is 0 Å². The minimum absolute atomic E-state index is 0. The lowest BCUT2D eigenvalue weighted by Crippen LogP contribution is -2.34. The second-order valence-electron chi connectivity index (χ2n) is 3.60. The van der Waals surface area contributed by atoms with Crippen LogP contribution in [-0.4, -0.2) is 23.5 Å². The quantitative estimate of drug-likeness (QED) is 0.510. The molecule has 2 N–H and O–H groups in total. The van der Waals surface area contributed by atoms with Crippen molar-refractivity contribution >= 4 is 35.7 Å². The molecule has 0 heterocycles. The van der Waals surface area contributed by atoms with Gasteiger partial charge in [0.1, 0.15) is 6.04 Å². The maximum atomic E-state index is 11.4. The van der Waals surface area contributed by atoms with Gasteiger partial charge in [0.2, 0.25) is 0 Å². The van der Waals surface area contributed by atoms with Gasteiger partial charge in [-0.15, -0.1) is 12.4 Å². The van der Waals surface area contributed by atoms with Gasteiger partial charge in [-0.1, -0.05) is 11.6 Å². The van der Waals surface area contributed by atoms with Crippen molar-refractivity contribution in [1.82, 2.24) is 0 Å². The molecule has 0 amide bonds. The Morgan fingerprint density at radius 2 is 2.21 bits per heavy atom. The number of benzene rings is 1. The van der Waals surface area contributed by atoms with Crippen LogP contribution < -0.4 is 5.73 Å². The van der Waals surface area contributed by atoms with Crippen LogP contribution in [0, 0.1) is 10.1 Å². The Labute approximate surface area is 121 Å². The van der Waals surface area contributed by atoms with Crippen LogP contribution in [0.25, 0.3) is 0 Å². The molecule has 8 heteroatoms. The van der Waals surface area contributed by atoms with Gasteiger partial charge in [-0.2, -0.15) is 0 Å². The summed E-state index contributed by atoms with van der Waals surface area (Å²) < 4.78 is 4.75. The first-order valence-electron chi connectivity index (χ1n) is 5.30. The fraction of sp³-hybridized carbons (Fsp3) is 0.364. The predicted molar refractivity (Wildman–Crippen MR) is 73.7 cm³/mol. The molecule has 0 fully saturated rings. The first kappa shape index (κ1) is 17.6. The van der Waals surface area contributed by atoms with Crippen LogP contribution >= 0.6 is 24.0 Å². The summed E-state index contributed by atoms with van der Waals surface area (Å²) in [6.45, 7) is 1.90. The molecule has 0 spiro atoms. The molecule has 0 radical (unpaired) electrons. The van der Waals surface area contributed by atoms with Crippen molar-refractivity contribution in [2.75, 3.05) is 6.61 Å². The van der Waals surface area contributed by atoms with Gasteiger partial charge in [-0.05, 0) is 25.0 Å². The van der Waals surface area contributed by atoms with Gasteiger partial charge in [-0.3, -0.25) is 14.9 Å². The lowest BCUT2D eigenvalue weighted by molar-refractivity contribution is -0.384. The lowest BCUT2D eigenvalue weighted by Gasteiger charge is -2.11. The van der Waals surface area contributed by atoms with Crippen LogP contribution in [0.4, 0.5) is 5.69 Å². The Hall–Kier alpha value is -1.37. The fourth-order valence-electron chi connectivity index (χ4n) is 1.40. The fourth-order valence-corrected chi connectivity index (χ4v) is 1.60. The second kappa shape index (κ2) is 7.93. The molecule has 1 atom stereocenters. The number of ether oxygens (including phenoxy) is 1. The van der Waals surface area contributed by atoms with E-state index in [4.69, 9.17) is 22.1 Å². The Bertz CT molecular complexity index is 468. The van der Waals surface area contributed by atoms with E-state index in [9.17, 15) is 14.9 Å². The number of nitro benzene ring substituents is 1. The minimum atomic E-state index is -0.885. The third kappa shape index (κ3) is 5.02. The highest BCUT2D eigenvalue weighted by Crippen LogP contribution is 2.23. The molecule has 0 aliphatic rings. The zero-order chi connectivity index (χ0) is 13.7. The maximum absolute atomic E-state index is 11.4. The number of esters is 1. The molecule has 19 heavy (non-hydrogen) atoms. The van der Waals surface area contributed by atoms with E-state index in [1.807, 2.05) is 0 Å². The summed E-state index contributed by atoms with van der Waals surface area (Å²) in [7, 11) is 0. The Balaban J connectivity index is 0.00000324. The molecular formula is C11H14Cl2N2O4. The molecule has 1 aromatic carbocycles. The SMILES string of the molecule is CCOC(=O)C(N)Cc1cc([N+](=O)[O-])ccc1Cl.Cl. The monoisotopic (exact) mass is 308 g/mol. The Kier molecular flexibility index (Phi) is 7.36. The smallest absolute Gasteiger partial charge is 0.323 e. The number of rotatable bonds is 5. The zero-order valence-electron chi connectivity index (χ0n) is 10.2. The van der Waals surface area contributed by atoms with Crippen molar-refractivity contribution in [2.45, 2.75) is 19.4 Å². The number of carbonyl (C=O) groups excluding carboxylic acids is 1. The van der Waals surface area contributed by atoms with Gasteiger partial charge in [0, 0.05) is 17.2 Å². The highest BCUT2D eigenvalue weighted by Gasteiger charge is 2.18. The number of carbonyl (C=O) groups is 1. The van der Waals surface area contributed by atoms with Gasteiger partial charge in [0.25, 0.3) is 5.69 Å². The molecule has 0 aromatic heterocycles. The summed E-state index contributed by atoms with van der Waals surface area (Å²) in [5.41, 5.74) is 5.99. The van der Waals surface area contributed by atoms with E-state index < -0.39 is 16.9 Å². The third-order valence-corrected chi connectivity index (χ3v) is 2.64. The summed E-state index contributed by atoms with van der Waals surface area (Å²) in [5, 5.41) is 11.0. The van der Waals surface area contributed by atoms with E-state index in [0.717, 1.165) is 0 Å². The van der Waals surface area contributed by atoms with Crippen molar-refractivity contribution in [3.8, 4) is 0 Å². The molecule has 0 aliphatic heterocycles. The van der Waals surface area contributed by atoms with Crippen molar-refractivity contribution < 1.29 is 14.5 Å². The van der Waals surface area contributed by atoms with Crippen molar-refractivity contribution in [3.05, 3.63) is 38.9 Å². The van der Waals surface area contributed by atoms with Crippen molar-refractivity contribution in [1.29, 1.82) is 0 Å². The van der Waals surface area contributed by atoms with E-state index in [0.29, 0.717) is 10.6 Å². The number of non-ortho nitro benzene ring substituents is 1. The Morgan fingerprint density at radius 1 is 1.58 bits per heavy atom. The lowest BCUT2D eigenvalue weighted by atomic mass is 10.1. The number of halogens is 2.